The van der Waals surface area contributed by atoms with Gasteiger partial charge in [-0.25, -0.2) is 4.39 Å². The minimum atomic E-state index is -0.342. The Hall–Kier alpha value is -2.11. The van der Waals surface area contributed by atoms with E-state index in [9.17, 15) is 9.18 Å². The molecule has 0 aromatic heterocycles. The first-order valence-corrected chi connectivity index (χ1v) is 8.23. The number of carbonyl (C=O) groups is 1. The van der Waals surface area contributed by atoms with Crippen LogP contribution in [0.3, 0.4) is 0 Å². The molecule has 2 aromatic carbocycles. The molecule has 0 saturated carbocycles. The zero-order valence-corrected chi connectivity index (χ0v) is 16.2. The summed E-state index contributed by atoms with van der Waals surface area (Å²) in [4.78, 5) is 14.3. The predicted octanol–water partition coefficient (Wildman–Crippen LogP) is 3.88. The highest BCUT2D eigenvalue weighted by Gasteiger charge is 2.22. The Bertz CT molecular complexity index is 737. The summed E-state index contributed by atoms with van der Waals surface area (Å²) in [7, 11) is 1.77. The predicted molar refractivity (Wildman–Crippen MR) is 104 cm³/mol. The molecule has 0 aliphatic heterocycles. The second-order valence-electron chi connectivity index (χ2n) is 6.98. The van der Waals surface area contributed by atoms with E-state index in [1.54, 1.807) is 36.2 Å². The first kappa shape index (κ1) is 21.9. The van der Waals surface area contributed by atoms with Crippen molar-refractivity contribution in [3.05, 3.63) is 65.5 Å². The van der Waals surface area contributed by atoms with Gasteiger partial charge < -0.3 is 15.4 Å². The molecule has 2 rings (SSSR count). The van der Waals surface area contributed by atoms with Crippen molar-refractivity contribution in [2.45, 2.75) is 20.5 Å². The lowest BCUT2D eigenvalue weighted by Gasteiger charge is -2.29. The number of rotatable bonds is 7. The SMILES string of the molecule is CN(CC(C)(C)CN)C(=O)c1cccc(COc2cccc(F)c2)c1.Cl. The lowest BCUT2D eigenvalue weighted by molar-refractivity contribution is 0.0740. The van der Waals surface area contributed by atoms with E-state index in [-0.39, 0.29) is 36.2 Å². The van der Waals surface area contributed by atoms with Gasteiger partial charge in [0.1, 0.15) is 18.2 Å². The van der Waals surface area contributed by atoms with Crippen molar-refractivity contribution in [3.8, 4) is 5.75 Å². The maximum absolute atomic E-state index is 13.2. The second kappa shape index (κ2) is 9.55. The monoisotopic (exact) mass is 380 g/mol. The molecule has 0 atom stereocenters. The van der Waals surface area contributed by atoms with E-state index >= 15 is 0 Å². The van der Waals surface area contributed by atoms with Gasteiger partial charge in [-0.3, -0.25) is 4.79 Å². The summed E-state index contributed by atoms with van der Waals surface area (Å²) in [6.07, 6.45) is 0. The minimum Gasteiger partial charge on any atom is -0.489 e. The topological polar surface area (TPSA) is 55.6 Å². The highest BCUT2D eigenvalue weighted by molar-refractivity contribution is 5.94. The van der Waals surface area contributed by atoms with E-state index in [2.05, 4.69) is 0 Å². The third-order valence-electron chi connectivity index (χ3n) is 3.94. The maximum Gasteiger partial charge on any atom is 0.253 e. The molecule has 0 heterocycles. The summed E-state index contributed by atoms with van der Waals surface area (Å²) in [5.74, 6) is 0.0539. The zero-order chi connectivity index (χ0) is 18.4. The third-order valence-corrected chi connectivity index (χ3v) is 3.94. The second-order valence-corrected chi connectivity index (χ2v) is 6.98. The molecule has 0 spiro atoms. The number of hydrogen-bond donors (Lipinski definition) is 1. The van der Waals surface area contributed by atoms with Crippen LogP contribution < -0.4 is 10.5 Å². The number of carbonyl (C=O) groups excluding carboxylic acids is 1. The Kier molecular flexibility index (Phi) is 8.06. The molecule has 0 fully saturated rings. The molecule has 26 heavy (non-hydrogen) atoms. The van der Waals surface area contributed by atoms with E-state index in [0.29, 0.717) is 24.4 Å². The number of hydrogen-bond acceptors (Lipinski definition) is 3. The fraction of sp³-hybridized carbons (Fsp3) is 0.350. The van der Waals surface area contributed by atoms with Gasteiger partial charge in [-0.1, -0.05) is 32.0 Å². The average molecular weight is 381 g/mol. The van der Waals surface area contributed by atoms with Crippen molar-refractivity contribution in [3.63, 3.8) is 0 Å². The molecule has 0 unspecified atom stereocenters. The van der Waals surface area contributed by atoms with Crippen LogP contribution in [0.25, 0.3) is 0 Å². The molecule has 1 amide bonds. The summed E-state index contributed by atoms with van der Waals surface area (Å²) in [6, 6.07) is 13.3. The summed E-state index contributed by atoms with van der Waals surface area (Å²) in [5.41, 5.74) is 7.05. The highest BCUT2D eigenvalue weighted by Crippen LogP contribution is 2.18. The largest absolute Gasteiger partial charge is 0.489 e. The molecule has 2 N–H and O–H groups in total. The molecule has 0 aliphatic rings. The lowest BCUT2D eigenvalue weighted by atomic mass is 9.93. The molecule has 142 valence electrons. The van der Waals surface area contributed by atoms with E-state index in [1.807, 2.05) is 26.0 Å². The van der Waals surface area contributed by atoms with Crippen LogP contribution in [0, 0.1) is 11.2 Å². The maximum atomic E-state index is 13.2. The van der Waals surface area contributed by atoms with Crippen LogP contribution >= 0.6 is 12.4 Å². The van der Waals surface area contributed by atoms with E-state index < -0.39 is 0 Å². The van der Waals surface area contributed by atoms with Crippen LogP contribution in [0.2, 0.25) is 0 Å². The Morgan fingerprint density at radius 1 is 1.19 bits per heavy atom. The highest BCUT2D eigenvalue weighted by atomic mass is 35.5. The van der Waals surface area contributed by atoms with Gasteiger partial charge in [0.25, 0.3) is 5.91 Å². The third kappa shape index (κ3) is 6.32. The smallest absolute Gasteiger partial charge is 0.253 e. The fourth-order valence-corrected chi connectivity index (χ4v) is 2.52. The summed E-state index contributed by atoms with van der Waals surface area (Å²) in [5, 5.41) is 0. The van der Waals surface area contributed by atoms with Crippen LogP contribution in [0.15, 0.2) is 48.5 Å². The summed E-state index contributed by atoms with van der Waals surface area (Å²) >= 11 is 0. The Labute approximate surface area is 160 Å². The first-order valence-electron chi connectivity index (χ1n) is 8.23. The number of ether oxygens (including phenoxy) is 1. The van der Waals surface area contributed by atoms with Crippen molar-refractivity contribution in [1.82, 2.24) is 4.90 Å². The van der Waals surface area contributed by atoms with Gasteiger partial charge >= 0.3 is 0 Å². The number of halogens is 2. The molecule has 0 radical (unpaired) electrons. The van der Waals surface area contributed by atoms with Crippen LogP contribution in [-0.2, 0) is 6.61 Å². The van der Waals surface area contributed by atoms with E-state index in [0.717, 1.165) is 5.56 Å². The normalized spacial score (nSPS) is 10.8. The number of amides is 1. The number of benzene rings is 2. The van der Waals surface area contributed by atoms with Gasteiger partial charge in [-0.2, -0.15) is 0 Å². The zero-order valence-electron chi connectivity index (χ0n) is 15.4. The Morgan fingerprint density at radius 2 is 1.88 bits per heavy atom. The fourth-order valence-electron chi connectivity index (χ4n) is 2.52. The first-order chi connectivity index (χ1) is 11.8. The average Bonchev–Trinajstić information content (AvgIpc) is 2.59. The standard InChI is InChI=1S/C20H25FN2O2.ClH/c1-20(2,13-22)14-23(3)19(24)16-7-4-6-15(10-16)12-25-18-9-5-8-17(21)11-18;/h4-11H,12-14,22H2,1-3H3;1H. The van der Waals surface area contributed by atoms with Gasteiger partial charge in [0.15, 0.2) is 0 Å². The Morgan fingerprint density at radius 3 is 2.54 bits per heavy atom. The van der Waals surface area contributed by atoms with Gasteiger partial charge in [0, 0.05) is 25.2 Å². The van der Waals surface area contributed by atoms with Gasteiger partial charge in [-0.15, -0.1) is 12.4 Å². The molecule has 2 aromatic rings. The van der Waals surface area contributed by atoms with E-state index in [1.165, 1.54) is 12.1 Å². The quantitative estimate of drug-likeness (QED) is 0.792. The molecular weight excluding hydrogens is 355 g/mol. The minimum absolute atomic E-state index is 0. The van der Waals surface area contributed by atoms with Crippen molar-refractivity contribution in [2.75, 3.05) is 20.1 Å². The van der Waals surface area contributed by atoms with Crippen molar-refractivity contribution >= 4 is 18.3 Å². The molecule has 4 nitrogen and oxygen atoms in total. The van der Waals surface area contributed by atoms with E-state index in [4.69, 9.17) is 10.5 Å². The van der Waals surface area contributed by atoms with Gasteiger partial charge in [0.05, 0.1) is 0 Å². The molecular formula is C20H26ClFN2O2. The van der Waals surface area contributed by atoms with Gasteiger partial charge in [0.2, 0.25) is 0 Å². The molecule has 0 saturated heterocycles. The van der Waals surface area contributed by atoms with Crippen molar-refractivity contribution in [2.24, 2.45) is 11.1 Å². The van der Waals surface area contributed by atoms with Crippen LogP contribution in [0.4, 0.5) is 4.39 Å². The van der Waals surface area contributed by atoms with Crippen LogP contribution in [-0.4, -0.2) is 30.9 Å². The van der Waals surface area contributed by atoms with Gasteiger partial charge in [-0.05, 0) is 41.8 Å². The lowest BCUT2D eigenvalue weighted by Crippen LogP contribution is -2.39. The summed E-state index contributed by atoms with van der Waals surface area (Å²) < 4.78 is 18.8. The number of nitrogens with zero attached hydrogens (tertiary/aromatic N) is 1. The van der Waals surface area contributed by atoms with Crippen molar-refractivity contribution < 1.29 is 13.9 Å². The molecule has 6 heteroatoms. The number of nitrogens with two attached hydrogens (primary N) is 1. The Balaban J connectivity index is 0.00000338. The summed E-state index contributed by atoms with van der Waals surface area (Å²) in [6.45, 7) is 5.40. The molecule has 0 bridgehead atoms. The molecule has 0 aliphatic carbocycles. The van der Waals surface area contributed by atoms with Crippen LogP contribution in [0.5, 0.6) is 5.75 Å². The van der Waals surface area contributed by atoms with Crippen molar-refractivity contribution in [1.29, 1.82) is 0 Å². The van der Waals surface area contributed by atoms with Crippen LogP contribution in [0.1, 0.15) is 29.8 Å².